The Morgan fingerprint density at radius 2 is 2.07 bits per heavy atom. The number of Topliss-reactive ketones (excluding diaryl/α,β-unsaturated/α-hetero) is 1. The molecule has 0 bridgehead atoms. The maximum absolute atomic E-state index is 13.0. The lowest BCUT2D eigenvalue weighted by atomic mass is 9.94. The minimum Gasteiger partial charge on any atom is -0.463 e. The third-order valence-electron chi connectivity index (χ3n) is 4.36. The van der Waals surface area contributed by atoms with Gasteiger partial charge < -0.3 is 13.6 Å². The average molecular weight is 397 g/mol. The van der Waals surface area contributed by atoms with Crippen molar-refractivity contribution in [3.63, 3.8) is 0 Å². The molecule has 1 aliphatic heterocycles. The zero-order valence-corrected chi connectivity index (χ0v) is 15.5. The summed E-state index contributed by atoms with van der Waals surface area (Å²) in [7, 11) is 0. The summed E-state index contributed by atoms with van der Waals surface area (Å²) in [4.78, 5) is 30.2. The van der Waals surface area contributed by atoms with Gasteiger partial charge in [-0.1, -0.05) is 11.3 Å². The van der Waals surface area contributed by atoms with E-state index in [9.17, 15) is 9.59 Å². The second kappa shape index (κ2) is 7.80. The van der Waals surface area contributed by atoms with Crippen molar-refractivity contribution < 1.29 is 23.2 Å². The van der Waals surface area contributed by atoms with Crippen LogP contribution in [-0.2, 0) is 4.74 Å². The lowest BCUT2D eigenvalue weighted by Crippen LogP contribution is -2.23. The molecule has 4 rings (SSSR count). The van der Waals surface area contributed by atoms with E-state index in [-0.39, 0.29) is 28.4 Å². The maximum atomic E-state index is 13.0. The van der Waals surface area contributed by atoms with Gasteiger partial charge in [0.15, 0.2) is 22.4 Å². The summed E-state index contributed by atoms with van der Waals surface area (Å²) in [5.41, 5.74) is 0.402. The molecule has 1 amide bonds. The third kappa shape index (κ3) is 3.60. The van der Waals surface area contributed by atoms with Crippen LogP contribution in [0.3, 0.4) is 0 Å². The number of hydrogen-bond acceptors (Lipinski definition) is 8. The van der Waals surface area contributed by atoms with Crippen LogP contribution in [-0.4, -0.2) is 29.9 Å². The van der Waals surface area contributed by atoms with Gasteiger partial charge in [0, 0.05) is 19.1 Å². The van der Waals surface area contributed by atoms with E-state index in [1.807, 2.05) is 6.07 Å². The molecule has 1 aliphatic rings. The average Bonchev–Trinajstić information content (AvgIpc) is 3.47. The fraction of sp³-hybridized carbons (Fsp3) is 0.263. The van der Waals surface area contributed by atoms with Crippen molar-refractivity contribution in [2.75, 3.05) is 18.5 Å². The van der Waals surface area contributed by atoms with Crippen LogP contribution in [0.15, 0.2) is 39.4 Å². The van der Waals surface area contributed by atoms with Gasteiger partial charge in [-0.3, -0.25) is 14.9 Å². The Hall–Kier alpha value is -3.22. The third-order valence-corrected chi connectivity index (χ3v) is 5.34. The van der Waals surface area contributed by atoms with Gasteiger partial charge in [0.05, 0.1) is 6.26 Å². The van der Waals surface area contributed by atoms with Crippen LogP contribution in [0.1, 0.15) is 38.8 Å². The minimum absolute atomic E-state index is 0.0106. The number of nitrogens with one attached hydrogen (secondary N) is 1. The van der Waals surface area contributed by atoms with Gasteiger partial charge in [0.1, 0.15) is 16.6 Å². The molecule has 0 spiro atoms. The zero-order valence-electron chi connectivity index (χ0n) is 14.6. The predicted molar refractivity (Wildman–Crippen MR) is 99.1 cm³/mol. The van der Waals surface area contributed by atoms with Gasteiger partial charge in [-0.2, -0.15) is 5.26 Å². The van der Waals surface area contributed by atoms with E-state index in [1.165, 1.54) is 18.4 Å². The molecule has 3 aromatic heterocycles. The highest BCUT2D eigenvalue weighted by Crippen LogP contribution is 2.35. The molecule has 28 heavy (non-hydrogen) atoms. The van der Waals surface area contributed by atoms with Crippen molar-refractivity contribution in [3.05, 3.63) is 46.9 Å². The van der Waals surface area contributed by atoms with Crippen LogP contribution in [0, 0.1) is 17.2 Å². The number of carbonyl (C=O) groups excluding carboxylic acids is 2. The van der Waals surface area contributed by atoms with Gasteiger partial charge in [-0.15, -0.1) is 0 Å². The number of ketones is 1. The molecular formula is C19H15N3O5S. The van der Waals surface area contributed by atoms with E-state index in [0.29, 0.717) is 42.4 Å². The summed E-state index contributed by atoms with van der Waals surface area (Å²) in [6.07, 6.45) is 2.81. The topological polar surface area (TPSA) is 118 Å². The standard InChI is InChI=1S/C19H15N3O5S/c20-10-12-3-4-14(27-12)18(24)22-19-21-15(13-2-1-7-26-13)17(28-19)16(23)11-5-8-25-9-6-11/h1-4,7,11H,5-6,8-9H2,(H,21,22,24). The Kier molecular flexibility index (Phi) is 5.06. The normalized spacial score (nSPS) is 14.5. The molecule has 1 N–H and O–H groups in total. The number of rotatable bonds is 5. The summed E-state index contributed by atoms with van der Waals surface area (Å²) in [5.74, 6) is -0.241. The number of carbonyl (C=O) groups is 2. The Bertz CT molecular complexity index is 1040. The van der Waals surface area contributed by atoms with E-state index in [2.05, 4.69) is 10.3 Å². The molecule has 0 unspecified atom stereocenters. The van der Waals surface area contributed by atoms with Crippen LogP contribution in [0.5, 0.6) is 0 Å². The fourth-order valence-electron chi connectivity index (χ4n) is 2.94. The maximum Gasteiger partial charge on any atom is 0.293 e. The van der Waals surface area contributed by atoms with Gasteiger partial charge >= 0.3 is 0 Å². The smallest absolute Gasteiger partial charge is 0.293 e. The molecule has 0 aromatic carbocycles. The number of hydrogen-bond donors (Lipinski definition) is 1. The number of nitrogens with zero attached hydrogens (tertiary/aromatic N) is 2. The quantitative estimate of drug-likeness (QED) is 0.652. The van der Waals surface area contributed by atoms with E-state index in [1.54, 1.807) is 12.1 Å². The number of nitriles is 1. The van der Waals surface area contributed by atoms with Crippen molar-refractivity contribution in [2.24, 2.45) is 5.92 Å². The highest BCUT2D eigenvalue weighted by atomic mass is 32.1. The highest BCUT2D eigenvalue weighted by Gasteiger charge is 2.29. The number of anilines is 1. The number of furan rings is 2. The number of ether oxygens (including phenoxy) is 1. The van der Waals surface area contributed by atoms with Gasteiger partial charge in [-0.05, 0) is 37.1 Å². The molecule has 0 radical (unpaired) electrons. The first-order chi connectivity index (χ1) is 13.7. The Morgan fingerprint density at radius 1 is 1.25 bits per heavy atom. The molecule has 142 valence electrons. The SMILES string of the molecule is N#Cc1ccc(C(=O)Nc2nc(-c3ccco3)c(C(=O)C3CCOCC3)s2)o1. The van der Waals surface area contributed by atoms with Crippen LogP contribution in [0.4, 0.5) is 5.13 Å². The van der Waals surface area contributed by atoms with Crippen LogP contribution < -0.4 is 5.32 Å². The minimum atomic E-state index is -0.550. The first kappa shape index (κ1) is 18.2. The van der Waals surface area contributed by atoms with Crippen LogP contribution in [0.25, 0.3) is 11.5 Å². The highest BCUT2D eigenvalue weighted by molar-refractivity contribution is 7.18. The van der Waals surface area contributed by atoms with Crippen molar-refractivity contribution >= 4 is 28.2 Å². The first-order valence-corrected chi connectivity index (χ1v) is 9.45. The van der Waals surface area contributed by atoms with Gasteiger partial charge in [-0.25, -0.2) is 4.98 Å². The Labute approximate surface area is 163 Å². The molecule has 4 heterocycles. The molecule has 0 atom stereocenters. The molecule has 0 aliphatic carbocycles. The summed E-state index contributed by atoms with van der Waals surface area (Å²) < 4.78 is 15.9. The predicted octanol–water partition coefficient (Wildman–Crippen LogP) is 3.73. The molecule has 1 fully saturated rings. The fourth-order valence-corrected chi connectivity index (χ4v) is 3.93. The molecule has 0 saturated carbocycles. The second-order valence-electron chi connectivity index (χ2n) is 6.15. The van der Waals surface area contributed by atoms with E-state index >= 15 is 0 Å². The Morgan fingerprint density at radius 3 is 2.75 bits per heavy atom. The lowest BCUT2D eigenvalue weighted by Gasteiger charge is -2.20. The van der Waals surface area contributed by atoms with Gasteiger partial charge in [0.25, 0.3) is 5.91 Å². The Balaban J connectivity index is 1.62. The second-order valence-corrected chi connectivity index (χ2v) is 7.15. The van der Waals surface area contributed by atoms with Gasteiger partial charge in [0.2, 0.25) is 5.76 Å². The van der Waals surface area contributed by atoms with Crippen LogP contribution in [0.2, 0.25) is 0 Å². The molecule has 8 nitrogen and oxygen atoms in total. The van der Waals surface area contributed by atoms with Crippen molar-refractivity contribution in [3.8, 4) is 17.5 Å². The van der Waals surface area contributed by atoms with E-state index in [4.69, 9.17) is 18.8 Å². The van der Waals surface area contributed by atoms with Crippen LogP contribution >= 0.6 is 11.3 Å². The number of aromatic nitrogens is 1. The largest absolute Gasteiger partial charge is 0.463 e. The summed E-state index contributed by atoms with van der Waals surface area (Å²) >= 11 is 1.09. The summed E-state index contributed by atoms with van der Waals surface area (Å²) in [6, 6.07) is 8.06. The first-order valence-electron chi connectivity index (χ1n) is 8.63. The van der Waals surface area contributed by atoms with Crippen molar-refractivity contribution in [2.45, 2.75) is 12.8 Å². The number of thiazole rings is 1. The monoisotopic (exact) mass is 397 g/mol. The zero-order chi connectivity index (χ0) is 19.5. The van der Waals surface area contributed by atoms with E-state index < -0.39 is 5.91 Å². The summed E-state index contributed by atoms with van der Waals surface area (Å²) in [5, 5.41) is 11.7. The van der Waals surface area contributed by atoms with Crippen molar-refractivity contribution in [1.82, 2.24) is 4.98 Å². The molecular weight excluding hydrogens is 382 g/mol. The van der Waals surface area contributed by atoms with E-state index in [0.717, 1.165) is 11.3 Å². The molecule has 9 heteroatoms. The summed E-state index contributed by atoms with van der Waals surface area (Å²) in [6.45, 7) is 1.10. The lowest BCUT2D eigenvalue weighted by molar-refractivity contribution is 0.0547. The molecule has 1 saturated heterocycles. The number of amides is 1. The molecule has 3 aromatic rings. The van der Waals surface area contributed by atoms with Crippen molar-refractivity contribution in [1.29, 1.82) is 5.26 Å².